The van der Waals surface area contributed by atoms with E-state index in [0.717, 1.165) is 10.9 Å². The topological polar surface area (TPSA) is 108 Å². The van der Waals surface area contributed by atoms with Crippen molar-refractivity contribution in [3.8, 4) is 0 Å². The van der Waals surface area contributed by atoms with Gasteiger partial charge in [-0.2, -0.15) is 5.10 Å². The summed E-state index contributed by atoms with van der Waals surface area (Å²) < 4.78 is 6.47. The number of hydrogen-bond acceptors (Lipinski definition) is 5. The highest BCUT2D eigenvalue weighted by atomic mass is 16.5. The van der Waals surface area contributed by atoms with Crippen molar-refractivity contribution in [2.75, 3.05) is 44.8 Å². The summed E-state index contributed by atoms with van der Waals surface area (Å²) in [4.78, 5) is 41.3. The smallest absolute Gasteiger partial charge is 0.412 e. The molecule has 2 aromatic rings. The van der Waals surface area contributed by atoms with Gasteiger partial charge in [0.25, 0.3) is 0 Å². The second kappa shape index (κ2) is 9.15. The van der Waals surface area contributed by atoms with Crippen molar-refractivity contribution in [2.24, 2.45) is 0 Å². The molecule has 174 valence electrons. The lowest BCUT2D eigenvalue weighted by Crippen LogP contribution is -2.52. The van der Waals surface area contributed by atoms with Crippen molar-refractivity contribution in [3.05, 3.63) is 23.9 Å². The van der Waals surface area contributed by atoms with Gasteiger partial charge < -0.3 is 19.6 Å². The molecule has 0 bridgehead atoms. The van der Waals surface area contributed by atoms with Gasteiger partial charge in [-0.1, -0.05) is 0 Å². The SMILES string of the molecule is COCC(=O)N1CCN(C(=O)Cn2cc3cc(N(C(=O)O)C(C)(C)C)c(C)cc3n2)CC1. The van der Waals surface area contributed by atoms with Crippen LogP contribution in [0.15, 0.2) is 18.3 Å². The lowest BCUT2D eigenvalue weighted by molar-refractivity contribution is -0.142. The molecule has 1 aromatic heterocycles. The van der Waals surface area contributed by atoms with E-state index in [1.54, 1.807) is 26.7 Å². The molecule has 1 N–H and O–H groups in total. The van der Waals surface area contributed by atoms with E-state index >= 15 is 0 Å². The zero-order chi connectivity index (χ0) is 23.6. The maximum absolute atomic E-state index is 12.8. The predicted molar refractivity (Wildman–Crippen MR) is 120 cm³/mol. The number of piperazine rings is 1. The van der Waals surface area contributed by atoms with E-state index in [0.29, 0.717) is 37.4 Å². The van der Waals surface area contributed by atoms with Crippen LogP contribution < -0.4 is 4.90 Å². The number of carbonyl (C=O) groups excluding carboxylic acids is 2. The molecule has 1 aromatic carbocycles. The standard InChI is InChI=1S/C22H31N5O5/c1-15-10-17-16(11-18(15)27(21(30)31)22(2,3)4)12-26(23-17)13-19(28)24-6-8-25(9-7-24)20(29)14-32-5/h10-12H,6-9,13-14H2,1-5H3,(H,30,31). The van der Waals surface area contributed by atoms with Gasteiger partial charge in [0.15, 0.2) is 0 Å². The number of aryl methyl sites for hydroxylation is 1. The van der Waals surface area contributed by atoms with Crippen LogP contribution in [0, 0.1) is 6.92 Å². The Balaban J connectivity index is 1.73. The van der Waals surface area contributed by atoms with Crippen molar-refractivity contribution < 1.29 is 24.2 Å². The molecule has 0 saturated carbocycles. The minimum absolute atomic E-state index is 0.0454. The van der Waals surface area contributed by atoms with Crippen LogP contribution in [-0.2, 0) is 20.9 Å². The second-order valence-corrected chi connectivity index (χ2v) is 9.01. The van der Waals surface area contributed by atoms with E-state index in [-0.39, 0.29) is 25.0 Å². The molecule has 10 heteroatoms. The van der Waals surface area contributed by atoms with Gasteiger partial charge in [0.2, 0.25) is 11.8 Å². The minimum atomic E-state index is -1.02. The number of amides is 3. The van der Waals surface area contributed by atoms with Gasteiger partial charge in [-0.05, 0) is 45.4 Å². The number of rotatable bonds is 5. The van der Waals surface area contributed by atoms with Gasteiger partial charge in [-0.3, -0.25) is 19.2 Å². The third-order valence-corrected chi connectivity index (χ3v) is 5.52. The first kappa shape index (κ1) is 23.5. The Morgan fingerprint density at radius 1 is 1.09 bits per heavy atom. The van der Waals surface area contributed by atoms with Crippen molar-refractivity contribution in [1.29, 1.82) is 0 Å². The molecule has 0 spiro atoms. The fourth-order valence-electron chi connectivity index (χ4n) is 3.95. The first-order valence-electron chi connectivity index (χ1n) is 10.6. The van der Waals surface area contributed by atoms with Crippen LogP contribution in [0.2, 0.25) is 0 Å². The van der Waals surface area contributed by atoms with Gasteiger partial charge in [0.05, 0.1) is 11.2 Å². The van der Waals surface area contributed by atoms with E-state index in [1.807, 2.05) is 33.8 Å². The van der Waals surface area contributed by atoms with Crippen molar-refractivity contribution in [2.45, 2.75) is 39.8 Å². The fourth-order valence-corrected chi connectivity index (χ4v) is 3.95. The van der Waals surface area contributed by atoms with E-state index in [2.05, 4.69) is 5.10 Å². The highest BCUT2D eigenvalue weighted by molar-refractivity contribution is 5.93. The Morgan fingerprint density at radius 2 is 1.69 bits per heavy atom. The quantitative estimate of drug-likeness (QED) is 0.754. The van der Waals surface area contributed by atoms with Gasteiger partial charge in [0, 0.05) is 50.4 Å². The van der Waals surface area contributed by atoms with Gasteiger partial charge in [-0.15, -0.1) is 0 Å². The number of nitrogens with zero attached hydrogens (tertiary/aromatic N) is 5. The van der Waals surface area contributed by atoms with Gasteiger partial charge >= 0.3 is 6.09 Å². The number of benzene rings is 1. The number of hydrogen-bond donors (Lipinski definition) is 1. The third-order valence-electron chi connectivity index (χ3n) is 5.52. The first-order chi connectivity index (χ1) is 15.0. The highest BCUT2D eigenvalue weighted by Gasteiger charge is 2.29. The maximum Gasteiger partial charge on any atom is 0.412 e. The summed E-state index contributed by atoms with van der Waals surface area (Å²) >= 11 is 0. The number of anilines is 1. The van der Waals surface area contributed by atoms with E-state index in [1.165, 1.54) is 12.0 Å². The lowest BCUT2D eigenvalue weighted by atomic mass is 10.0. The average Bonchev–Trinajstić information content (AvgIpc) is 3.08. The zero-order valence-electron chi connectivity index (χ0n) is 19.3. The van der Waals surface area contributed by atoms with Crippen LogP contribution in [0.1, 0.15) is 26.3 Å². The summed E-state index contributed by atoms with van der Waals surface area (Å²) in [5.74, 6) is -0.148. The summed E-state index contributed by atoms with van der Waals surface area (Å²) in [6, 6.07) is 3.64. The third kappa shape index (κ3) is 5.01. The molecule has 1 saturated heterocycles. The molecule has 0 aliphatic carbocycles. The van der Waals surface area contributed by atoms with E-state index in [4.69, 9.17) is 4.74 Å². The number of ether oxygens (including phenoxy) is 1. The van der Waals surface area contributed by atoms with Crippen LogP contribution in [0.4, 0.5) is 10.5 Å². The molecular formula is C22H31N5O5. The van der Waals surface area contributed by atoms with Crippen molar-refractivity contribution in [3.63, 3.8) is 0 Å². The molecule has 10 nitrogen and oxygen atoms in total. The maximum atomic E-state index is 12.8. The van der Waals surface area contributed by atoms with Gasteiger partial charge in [-0.25, -0.2) is 4.79 Å². The number of carbonyl (C=O) groups is 3. The Bertz CT molecular complexity index is 1020. The minimum Gasteiger partial charge on any atom is -0.465 e. The normalized spacial score (nSPS) is 14.7. The van der Waals surface area contributed by atoms with E-state index in [9.17, 15) is 19.5 Å². The lowest BCUT2D eigenvalue weighted by Gasteiger charge is -2.34. The van der Waals surface area contributed by atoms with E-state index < -0.39 is 11.6 Å². The van der Waals surface area contributed by atoms with Gasteiger partial charge in [0.1, 0.15) is 13.2 Å². The Hall–Kier alpha value is -3.14. The molecule has 32 heavy (non-hydrogen) atoms. The number of fused-ring (bicyclic) bond motifs is 1. The van der Waals surface area contributed by atoms with Crippen LogP contribution in [0.25, 0.3) is 10.9 Å². The zero-order valence-corrected chi connectivity index (χ0v) is 19.3. The number of methoxy groups -OCH3 is 1. The molecule has 0 radical (unpaired) electrons. The monoisotopic (exact) mass is 445 g/mol. The largest absolute Gasteiger partial charge is 0.465 e. The Labute approximate surface area is 187 Å². The summed E-state index contributed by atoms with van der Waals surface area (Å²) in [6.07, 6.45) is 0.739. The fraction of sp³-hybridized carbons (Fsp3) is 0.545. The van der Waals surface area contributed by atoms with Crippen LogP contribution in [0.3, 0.4) is 0 Å². The van der Waals surface area contributed by atoms with Crippen LogP contribution in [-0.4, -0.2) is 88.0 Å². The Morgan fingerprint density at radius 3 is 2.22 bits per heavy atom. The summed E-state index contributed by atoms with van der Waals surface area (Å²) in [6.45, 7) is 9.41. The Kier molecular flexibility index (Phi) is 6.73. The average molecular weight is 446 g/mol. The molecule has 0 unspecified atom stereocenters. The molecular weight excluding hydrogens is 414 g/mol. The van der Waals surface area contributed by atoms with Crippen LogP contribution in [0.5, 0.6) is 0 Å². The molecule has 1 aliphatic heterocycles. The molecule has 2 heterocycles. The predicted octanol–water partition coefficient (Wildman–Crippen LogP) is 1.94. The summed E-state index contributed by atoms with van der Waals surface area (Å²) in [5.41, 5.74) is 1.49. The molecule has 3 amide bonds. The molecule has 0 atom stereocenters. The summed E-state index contributed by atoms with van der Waals surface area (Å²) in [7, 11) is 1.48. The second-order valence-electron chi connectivity index (χ2n) is 9.01. The number of aromatic nitrogens is 2. The number of carboxylic acid groups (broad SMARTS) is 1. The van der Waals surface area contributed by atoms with Crippen molar-refractivity contribution in [1.82, 2.24) is 19.6 Å². The molecule has 1 fully saturated rings. The molecule has 3 rings (SSSR count). The van der Waals surface area contributed by atoms with Crippen LogP contribution >= 0.6 is 0 Å². The summed E-state index contributed by atoms with van der Waals surface area (Å²) in [5, 5.41) is 15.0. The first-order valence-corrected chi connectivity index (χ1v) is 10.6. The molecule has 1 aliphatic rings. The van der Waals surface area contributed by atoms with Crippen molar-refractivity contribution >= 4 is 34.5 Å². The highest BCUT2D eigenvalue weighted by Crippen LogP contribution is 2.31.